The van der Waals surface area contributed by atoms with Gasteiger partial charge in [-0.25, -0.2) is 0 Å². The monoisotopic (exact) mass is 404 g/mol. The number of carbonyl (C=O) groups excluding carboxylic acids is 2. The Labute approximate surface area is 170 Å². The van der Waals surface area contributed by atoms with Crippen LogP contribution in [0.5, 0.6) is 11.5 Å². The van der Waals surface area contributed by atoms with Crippen LogP contribution in [0.1, 0.15) is 29.8 Å². The number of amides is 2. The van der Waals surface area contributed by atoms with Crippen LogP contribution in [0.25, 0.3) is 0 Å². The third-order valence-electron chi connectivity index (χ3n) is 4.26. The van der Waals surface area contributed by atoms with Gasteiger partial charge in [0.15, 0.2) is 11.5 Å². The predicted molar refractivity (Wildman–Crippen MR) is 109 cm³/mol. The molecule has 2 N–H and O–H groups in total. The minimum Gasteiger partial charge on any atom is -0.493 e. The Morgan fingerprint density at radius 1 is 1.00 bits per heavy atom. The molecule has 0 aliphatic carbocycles. The summed E-state index contributed by atoms with van der Waals surface area (Å²) in [6.07, 6.45) is 0. The Kier molecular flexibility index (Phi) is 7.70. The maximum atomic E-state index is 12.7. The number of ether oxygens (including phenoxy) is 2. The molecule has 0 radical (unpaired) electrons. The third kappa shape index (κ3) is 5.63. The van der Waals surface area contributed by atoms with Crippen molar-refractivity contribution < 1.29 is 19.1 Å². The average Bonchev–Trinajstić information content (AvgIpc) is 2.69. The molecule has 0 aliphatic heterocycles. The number of methoxy groups -OCH3 is 2. The lowest BCUT2D eigenvalue weighted by atomic mass is 10.0. The molecule has 0 aliphatic rings. The van der Waals surface area contributed by atoms with Gasteiger partial charge in [0.25, 0.3) is 5.91 Å². The summed E-state index contributed by atoms with van der Waals surface area (Å²) in [6, 6.07) is 11.3. The molecule has 0 saturated heterocycles. The quantitative estimate of drug-likeness (QED) is 0.706. The van der Waals surface area contributed by atoms with Crippen molar-refractivity contribution in [2.75, 3.05) is 14.2 Å². The van der Waals surface area contributed by atoms with Crippen molar-refractivity contribution in [3.8, 4) is 11.5 Å². The first-order valence-corrected chi connectivity index (χ1v) is 9.28. The van der Waals surface area contributed by atoms with Gasteiger partial charge in [0, 0.05) is 17.1 Å². The first-order chi connectivity index (χ1) is 13.3. The lowest BCUT2D eigenvalue weighted by Crippen LogP contribution is -2.49. The van der Waals surface area contributed by atoms with Crippen molar-refractivity contribution in [2.24, 2.45) is 5.92 Å². The normalized spacial score (nSPS) is 11.6. The Hall–Kier alpha value is -2.73. The Morgan fingerprint density at radius 2 is 1.64 bits per heavy atom. The first kappa shape index (κ1) is 21.6. The molecule has 2 amide bonds. The van der Waals surface area contributed by atoms with Crippen molar-refractivity contribution >= 4 is 23.4 Å². The molecular formula is C21H25ClN2O4. The second-order valence-corrected chi connectivity index (χ2v) is 7.05. The fourth-order valence-corrected chi connectivity index (χ4v) is 2.78. The number of benzene rings is 2. The maximum absolute atomic E-state index is 12.7. The van der Waals surface area contributed by atoms with Crippen LogP contribution in [-0.2, 0) is 11.3 Å². The molecule has 6 nitrogen and oxygen atoms in total. The molecule has 0 spiro atoms. The van der Waals surface area contributed by atoms with Crippen molar-refractivity contribution in [3.05, 3.63) is 58.6 Å². The van der Waals surface area contributed by atoms with Crippen molar-refractivity contribution in [2.45, 2.75) is 26.4 Å². The van der Waals surface area contributed by atoms with E-state index in [9.17, 15) is 9.59 Å². The van der Waals surface area contributed by atoms with Gasteiger partial charge in [0.05, 0.1) is 14.2 Å². The average molecular weight is 405 g/mol. The fourth-order valence-electron chi connectivity index (χ4n) is 2.65. The van der Waals surface area contributed by atoms with Gasteiger partial charge in [-0.3, -0.25) is 9.59 Å². The van der Waals surface area contributed by atoms with Gasteiger partial charge in [-0.15, -0.1) is 0 Å². The highest BCUT2D eigenvalue weighted by molar-refractivity contribution is 6.30. The molecule has 28 heavy (non-hydrogen) atoms. The van der Waals surface area contributed by atoms with Gasteiger partial charge in [-0.05, 0) is 47.9 Å². The number of rotatable bonds is 8. The van der Waals surface area contributed by atoms with Gasteiger partial charge in [0.1, 0.15) is 6.04 Å². The van der Waals surface area contributed by atoms with E-state index < -0.39 is 6.04 Å². The Morgan fingerprint density at radius 3 is 2.21 bits per heavy atom. The molecule has 0 fully saturated rings. The molecule has 2 rings (SSSR count). The molecule has 0 bridgehead atoms. The van der Waals surface area contributed by atoms with Gasteiger partial charge in [-0.2, -0.15) is 0 Å². The zero-order valence-electron chi connectivity index (χ0n) is 16.4. The highest BCUT2D eigenvalue weighted by atomic mass is 35.5. The smallest absolute Gasteiger partial charge is 0.251 e. The van der Waals surface area contributed by atoms with E-state index in [1.54, 1.807) is 50.6 Å². The molecule has 150 valence electrons. The van der Waals surface area contributed by atoms with Crippen molar-refractivity contribution in [1.82, 2.24) is 10.6 Å². The molecular weight excluding hydrogens is 380 g/mol. The predicted octanol–water partition coefficient (Wildman–Crippen LogP) is 3.43. The van der Waals surface area contributed by atoms with Gasteiger partial charge in [0.2, 0.25) is 5.91 Å². The van der Waals surface area contributed by atoms with E-state index in [1.165, 1.54) is 0 Å². The molecule has 2 aromatic rings. The van der Waals surface area contributed by atoms with E-state index in [0.29, 0.717) is 28.6 Å². The highest BCUT2D eigenvalue weighted by Gasteiger charge is 2.24. The highest BCUT2D eigenvalue weighted by Crippen LogP contribution is 2.27. The maximum Gasteiger partial charge on any atom is 0.251 e. The number of hydrogen-bond donors (Lipinski definition) is 2. The van der Waals surface area contributed by atoms with Gasteiger partial charge < -0.3 is 20.1 Å². The molecule has 1 atom stereocenters. The van der Waals surface area contributed by atoms with E-state index in [0.717, 1.165) is 5.56 Å². The summed E-state index contributed by atoms with van der Waals surface area (Å²) >= 11 is 5.85. The summed E-state index contributed by atoms with van der Waals surface area (Å²) in [4.78, 5) is 25.1. The van der Waals surface area contributed by atoms with Gasteiger partial charge in [-0.1, -0.05) is 31.5 Å². The SMILES string of the molecule is COc1ccc(CNC(=O)C(NC(=O)c2ccc(Cl)cc2)C(C)C)cc1OC. The topological polar surface area (TPSA) is 76.7 Å². The van der Waals surface area contributed by atoms with Crippen LogP contribution >= 0.6 is 11.6 Å². The largest absolute Gasteiger partial charge is 0.493 e. The van der Waals surface area contributed by atoms with Crippen LogP contribution < -0.4 is 20.1 Å². The number of halogens is 1. The summed E-state index contributed by atoms with van der Waals surface area (Å²) in [7, 11) is 3.12. The van der Waals surface area contributed by atoms with Crippen LogP contribution in [0.4, 0.5) is 0 Å². The van der Waals surface area contributed by atoms with Crippen molar-refractivity contribution in [3.63, 3.8) is 0 Å². The van der Waals surface area contributed by atoms with E-state index in [-0.39, 0.29) is 17.7 Å². The minimum absolute atomic E-state index is 0.0818. The lowest BCUT2D eigenvalue weighted by molar-refractivity contribution is -0.124. The summed E-state index contributed by atoms with van der Waals surface area (Å²) in [6.45, 7) is 4.06. The second kappa shape index (κ2) is 9.99. The van der Waals surface area contributed by atoms with Crippen LogP contribution in [-0.4, -0.2) is 32.1 Å². The minimum atomic E-state index is -0.664. The van der Waals surface area contributed by atoms with Crippen LogP contribution in [0.2, 0.25) is 5.02 Å². The molecule has 7 heteroatoms. The Bertz CT molecular complexity index is 822. The zero-order valence-corrected chi connectivity index (χ0v) is 17.2. The van der Waals surface area contributed by atoms with Crippen molar-refractivity contribution in [1.29, 1.82) is 0 Å². The van der Waals surface area contributed by atoms with Crippen LogP contribution in [0.3, 0.4) is 0 Å². The van der Waals surface area contributed by atoms with Crippen LogP contribution in [0, 0.1) is 5.92 Å². The summed E-state index contributed by atoms with van der Waals surface area (Å²) in [5, 5.41) is 6.20. The number of carbonyl (C=O) groups is 2. The first-order valence-electron chi connectivity index (χ1n) is 8.90. The molecule has 1 unspecified atom stereocenters. The van der Waals surface area contributed by atoms with E-state index in [4.69, 9.17) is 21.1 Å². The molecule has 0 aromatic heterocycles. The summed E-state index contributed by atoms with van der Waals surface area (Å²) in [5.41, 5.74) is 1.31. The number of nitrogens with one attached hydrogen (secondary N) is 2. The Balaban J connectivity index is 2.02. The summed E-state index contributed by atoms with van der Waals surface area (Å²) < 4.78 is 10.5. The molecule has 0 heterocycles. The van der Waals surface area contributed by atoms with Gasteiger partial charge >= 0.3 is 0 Å². The standard InChI is InChI=1S/C21H25ClN2O4/c1-13(2)19(24-20(25)15-6-8-16(22)9-7-15)21(26)23-12-14-5-10-17(27-3)18(11-14)28-4/h5-11,13,19H,12H2,1-4H3,(H,23,26)(H,24,25). The van der Waals surface area contributed by atoms with E-state index >= 15 is 0 Å². The fraction of sp³-hybridized carbons (Fsp3) is 0.333. The lowest BCUT2D eigenvalue weighted by Gasteiger charge is -2.22. The zero-order chi connectivity index (χ0) is 20.7. The van der Waals surface area contributed by atoms with E-state index in [1.807, 2.05) is 19.9 Å². The number of hydrogen-bond acceptors (Lipinski definition) is 4. The molecule has 0 saturated carbocycles. The summed E-state index contributed by atoms with van der Waals surface area (Å²) in [5.74, 6) is 0.545. The second-order valence-electron chi connectivity index (χ2n) is 6.61. The molecule has 2 aromatic carbocycles. The van der Waals surface area contributed by atoms with E-state index in [2.05, 4.69) is 10.6 Å². The van der Waals surface area contributed by atoms with Crippen LogP contribution in [0.15, 0.2) is 42.5 Å². The third-order valence-corrected chi connectivity index (χ3v) is 4.51.